The van der Waals surface area contributed by atoms with Gasteiger partial charge in [-0.1, -0.05) is 0 Å². The zero-order valence-electron chi connectivity index (χ0n) is 12.2. The summed E-state index contributed by atoms with van der Waals surface area (Å²) in [6.45, 7) is 6.40. The van der Waals surface area contributed by atoms with E-state index in [1.165, 1.54) is 7.11 Å². The number of nitrogens with one attached hydrogen (secondary N) is 2. The number of carbonyl (C=O) groups is 1. The van der Waals surface area contributed by atoms with Crippen molar-refractivity contribution in [2.24, 2.45) is 5.84 Å². The number of ether oxygens (including phenoxy) is 1. The molecule has 20 heavy (non-hydrogen) atoms. The molecule has 1 heterocycles. The first-order valence-corrected chi connectivity index (χ1v) is 6.31. The molecule has 1 aromatic rings. The molecule has 112 valence electrons. The molecule has 0 saturated carbocycles. The number of carbonyl (C=O) groups excluding carboxylic acids is 1. The summed E-state index contributed by atoms with van der Waals surface area (Å²) in [6, 6.07) is 0.209. The fourth-order valence-electron chi connectivity index (χ4n) is 1.51. The van der Waals surface area contributed by atoms with E-state index in [2.05, 4.69) is 25.7 Å². The molecule has 1 aromatic heterocycles. The molecule has 9 nitrogen and oxygen atoms in total. The number of rotatable bonds is 7. The van der Waals surface area contributed by atoms with Gasteiger partial charge in [-0.05, 0) is 20.8 Å². The molecule has 0 radical (unpaired) electrons. The van der Waals surface area contributed by atoms with Crippen LogP contribution in [0.2, 0.25) is 0 Å². The van der Waals surface area contributed by atoms with Crippen molar-refractivity contribution in [1.82, 2.24) is 20.3 Å². The van der Waals surface area contributed by atoms with Crippen LogP contribution in [-0.4, -0.2) is 47.1 Å². The highest BCUT2D eigenvalue weighted by atomic mass is 16.5. The SMILES string of the molecule is CCN(CC(=O)NC(C)C)c1nc(NN)nc(OC)n1. The Balaban J connectivity index is 2.91. The first kappa shape index (κ1) is 15.9. The second kappa shape index (κ2) is 7.43. The predicted octanol–water partition coefficient (Wildman–Crippen LogP) is -0.483. The average molecular weight is 283 g/mol. The highest BCUT2D eigenvalue weighted by Crippen LogP contribution is 2.13. The van der Waals surface area contributed by atoms with Crippen LogP contribution in [0.15, 0.2) is 0 Å². The van der Waals surface area contributed by atoms with E-state index < -0.39 is 0 Å². The van der Waals surface area contributed by atoms with Crippen LogP contribution in [0.4, 0.5) is 11.9 Å². The third-order valence-corrected chi connectivity index (χ3v) is 2.36. The van der Waals surface area contributed by atoms with E-state index in [1.807, 2.05) is 20.8 Å². The van der Waals surface area contributed by atoms with Crippen LogP contribution >= 0.6 is 0 Å². The minimum absolute atomic E-state index is 0.0790. The Labute approximate surface area is 117 Å². The zero-order valence-corrected chi connectivity index (χ0v) is 12.2. The van der Waals surface area contributed by atoms with Crippen molar-refractivity contribution in [3.05, 3.63) is 0 Å². The predicted molar refractivity (Wildman–Crippen MR) is 75.4 cm³/mol. The van der Waals surface area contributed by atoms with E-state index >= 15 is 0 Å². The molecule has 0 aliphatic heterocycles. The van der Waals surface area contributed by atoms with Crippen molar-refractivity contribution in [3.8, 4) is 6.01 Å². The molecule has 0 aliphatic rings. The number of aromatic nitrogens is 3. The number of methoxy groups -OCH3 is 1. The highest BCUT2D eigenvalue weighted by Gasteiger charge is 2.16. The number of hydrogen-bond acceptors (Lipinski definition) is 8. The van der Waals surface area contributed by atoms with Gasteiger partial charge < -0.3 is 15.0 Å². The average Bonchev–Trinajstić information content (AvgIpc) is 2.43. The van der Waals surface area contributed by atoms with Crippen LogP contribution in [-0.2, 0) is 4.79 Å². The van der Waals surface area contributed by atoms with Crippen LogP contribution in [0.1, 0.15) is 20.8 Å². The van der Waals surface area contributed by atoms with E-state index in [1.54, 1.807) is 4.90 Å². The van der Waals surface area contributed by atoms with E-state index in [4.69, 9.17) is 10.6 Å². The summed E-state index contributed by atoms with van der Waals surface area (Å²) in [6.07, 6.45) is 0. The van der Waals surface area contributed by atoms with Gasteiger partial charge in [-0.15, -0.1) is 0 Å². The molecular formula is C11H21N7O2. The number of nitrogen functional groups attached to an aromatic ring is 1. The van der Waals surface area contributed by atoms with Crippen LogP contribution in [0, 0.1) is 0 Å². The lowest BCUT2D eigenvalue weighted by Gasteiger charge is -2.21. The first-order chi connectivity index (χ1) is 9.49. The Kier molecular flexibility index (Phi) is 5.91. The van der Waals surface area contributed by atoms with Crippen LogP contribution in [0.3, 0.4) is 0 Å². The van der Waals surface area contributed by atoms with Gasteiger partial charge >= 0.3 is 6.01 Å². The fourth-order valence-corrected chi connectivity index (χ4v) is 1.51. The van der Waals surface area contributed by atoms with Gasteiger partial charge in [-0.2, -0.15) is 15.0 Å². The lowest BCUT2D eigenvalue weighted by atomic mass is 10.4. The molecule has 0 saturated heterocycles. The number of hydrogen-bond donors (Lipinski definition) is 3. The monoisotopic (exact) mass is 283 g/mol. The van der Waals surface area contributed by atoms with Crippen molar-refractivity contribution in [2.45, 2.75) is 26.8 Å². The smallest absolute Gasteiger partial charge is 0.322 e. The number of likely N-dealkylation sites (N-methyl/N-ethyl adjacent to an activating group) is 1. The van der Waals surface area contributed by atoms with E-state index in [0.717, 1.165) is 0 Å². The minimum atomic E-state index is -0.108. The lowest BCUT2D eigenvalue weighted by Crippen LogP contribution is -2.40. The molecule has 0 atom stereocenters. The molecule has 4 N–H and O–H groups in total. The molecule has 9 heteroatoms. The second-order valence-electron chi connectivity index (χ2n) is 4.33. The van der Waals surface area contributed by atoms with Crippen molar-refractivity contribution < 1.29 is 9.53 Å². The summed E-state index contributed by atoms with van der Waals surface area (Å²) in [5.41, 5.74) is 2.34. The van der Waals surface area contributed by atoms with Crippen LogP contribution in [0.5, 0.6) is 6.01 Å². The summed E-state index contributed by atoms with van der Waals surface area (Å²) < 4.78 is 4.98. The Bertz CT molecular complexity index is 430. The van der Waals surface area contributed by atoms with Gasteiger partial charge in [0.2, 0.25) is 17.8 Å². The van der Waals surface area contributed by atoms with Crippen LogP contribution in [0.25, 0.3) is 0 Å². The zero-order chi connectivity index (χ0) is 15.1. The maximum Gasteiger partial charge on any atom is 0.322 e. The molecule has 0 spiro atoms. The van der Waals surface area contributed by atoms with Crippen molar-refractivity contribution >= 4 is 17.8 Å². The van der Waals surface area contributed by atoms with Gasteiger partial charge in [0.1, 0.15) is 0 Å². The lowest BCUT2D eigenvalue weighted by molar-refractivity contribution is -0.120. The number of amides is 1. The van der Waals surface area contributed by atoms with Crippen molar-refractivity contribution in [3.63, 3.8) is 0 Å². The topological polar surface area (TPSA) is 118 Å². The summed E-state index contributed by atoms with van der Waals surface area (Å²) in [7, 11) is 1.45. The highest BCUT2D eigenvalue weighted by molar-refractivity contribution is 5.81. The summed E-state index contributed by atoms with van der Waals surface area (Å²) in [4.78, 5) is 25.6. The molecule has 0 unspecified atom stereocenters. The first-order valence-electron chi connectivity index (χ1n) is 6.31. The molecular weight excluding hydrogens is 262 g/mol. The largest absolute Gasteiger partial charge is 0.467 e. The maximum atomic E-state index is 11.8. The summed E-state index contributed by atoms with van der Waals surface area (Å²) in [5.74, 6) is 5.69. The number of nitrogens with zero attached hydrogens (tertiary/aromatic N) is 4. The van der Waals surface area contributed by atoms with Gasteiger partial charge in [0, 0.05) is 12.6 Å². The third kappa shape index (κ3) is 4.50. The molecule has 0 aromatic carbocycles. The third-order valence-electron chi connectivity index (χ3n) is 2.36. The van der Waals surface area contributed by atoms with Gasteiger partial charge in [-0.3, -0.25) is 10.2 Å². The van der Waals surface area contributed by atoms with Gasteiger partial charge in [0.05, 0.1) is 13.7 Å². The van der Waals surface area contributed by atoms with E-state index in [0.29, 0.717) is 12.5 Å². The number of hydrazine groups is 1. The Morgan fingerprint density at radius 2 is 2.10 bits per heavy atom. The Morgan fingerprint density at radius 1 is 1.40 bits per heavy atom. The minimum Gasteiger partial charge on any atom is -0.467 e. The molecule has 0 aliphatic carbocycles. The normalized spacial score (nSPS) is 10.3. The van der Waals surface area contributed by atoms with E-state index in [9.17, 15) is 4.79 Å². The maximum absolute atomic E-state index is 11.8. The summed E-state index contributed by atoms with van der Waals surface area (Å²) in [5, 5.41) is 2.81. The quantitative estimate of drug-likeness (QED) is 0.453. The van der Waals surface area contributed by atoms with E-state index in [-0.39, 0.29) is 30.5 Å². The fraction of sp³-hybridized carbons (Fsp3) is 0.636. The molecule has 0 bridgehead atoms. The second-order valence-corrected chi connectivity index (χ2v) is 4.33. The molecule has 1 amide bonds. The van der Waals surface area contributed by atoms with Crippen LogP contribution < -0.4 is 26.2 Å². The summed E-state index contributed by atoms with van der Waals surface area (Å²) >= 11 is 0. The van der Waals surface area contributed by atoms with Crippen molar-refractivity contribution in [1.29, 1.82) is 0 Å². The van der Waals surface area contributed by atoms with Gasteiger partial charge in [-0.25, -0.2) is 5.84 Å². The number of nitrogens with two attached hydrogens (primary N) is 1. The molecule has 0 fully saturated rings. The van der Waals surface area contributed by atoms with Gasteiger partial charge in [0.15, 0.2) is 0 Å². The Morgan fingerprint density at radius 3 is 2.60 bits per heavy atom. The van der Waals surface area contributed by atoms with Gasteiger partial charge in [0.25, 0.3) is 0 Å². The number of anilines is 2. The standard InChI is InChI=1S/C11H21N7O2/c1-5-18(6-8(19)13-7(2)3)10-14-9(17-12)15-11(16-10)20-4/h7H,5-6,12H2,1-4H3,(H,13,19)(H,14,15,16,17). The molecule has 1 rings (SSSR count). The van der Waals surface area contributed by atoms with Crippen molar-refractivity contribution in [2.75, 3.05) is 30.5 Å². The Hall–Kier alpha value is -2.16.